The molecule has 0 amide bonds. The minimum atomic E-state index is -1.03. The van der Waals surface area contributed by atoms with Crippen LogP contribution in [0.1, 0.15) is 55.8 Å². The van der Waals surface area contributed by atoms with E-state index in [0.717, 1.165) is 6.42 Å². The maximum atomic E-state index is 6.00. The third-order valence-corrected chi connectivity index (χ3v) is 5.09. The van der Waals surface area contributed by atoms with E-state index >= 15 is 0 Å². The molecule has 108 valence electrons. The van der Waals surface area contributed by atoms with Crippen molar-refractivity contribution < 1.29 is 4.43 Å². The van der Waals surface area contributed by atoms with Gasteiger partial charge in [-0.05, 0) is 41.6 Å². The van der Waals surface area contributed by atoms with Crippen LogP contribution in [0.2, 0.25) is 13.1 Å². The van der Waals surface area contributed by atoms with Gasteiger partial charge in [0.15, 0.2) is 9.04 Å². The molecule has 0 spiro atoms. The zero-order chi connectivity index (χ0) is 14.6. The van der Waals surface area contributed by atoms with Gasteiger partial charge in [0, 0.05) is 0 Å². The van der Waals surface area contributed by atoms with Gasteiger partial charge in [0.2, 0.25) is 0 Å². The average Bonchev–Trinajstić information content (AvgIpc) is 2.27. The molecule has 1 aromatic rings. The molecule has 1 atom stereocenters. The molecule has 19 heavy (non-hydrogen) atoms. The maximum Gasteiger partial charge on any atom is 0.172 e. The molecule has 0 saturated carbocycles. The second-order valence-electron chi connectivity index (χ2n) is 6.41. The monoisotopic (exact) mass is 342 g/mol. The molecule has 1 rings (SSSR count). The molecule has 0 aliphatic heterocycles. The summed E-state index contributed by atoms with van der Waals surface area (Å²) in [5.74, 6) is 0. The highest BCUT2D eigenvalue weighted by molar-refractivity contribution is 9.09. The van der Waals surface area contributed by atoms with Gasteiger partial charge in [0.1, 0.15) is 5.01 Å². The second-order valence-corrected chi connectivity index (χ2v) is 9.62. The highest BCUT2D eigenvalue weighted by atomic mass is 79.9. The molecular weight excluding hydrogens is 316 g/mol. The third-order valence-electron chi connectivity index (χ3n) is 3.16. The average molecular weight is 343 g/mol. The first-order chi connectivity index (χ1) is 8.75. The van der Waals surface area contributed by atoms with Crippen molar-refractivity contribution in [3.63, 3.8) is 0 Å². The van der Waals surface area contributed by atoms with E-state index in [1.807, 2.05) is 0 Å². The Morgan fingerprint density at radius 1 is 1.26 bits per heavy atom. The SMILES string of the molecule is CCCc1cc(C(C)(C)C)ccc1C(Br)O[SiH](C)C. The Bertz CT molecular complexity index is 410. The van der Waals surface area contributed by atoms with Gasteiger partial charge >= 0.3 is 0 Å². The Labute approximate surface area is 128 Å². The zero-order valence-corrected chi connectivity index (χ0v) is 15.8. The summed E-state index contributed by atoms with van der Waals surface area (Å²) in [6.45, 7) is 13.4. The van der Waals surface area contributed by atoms with Gasteiger partial charge in [-0.1, -0.05) is 68.2 Å². The number of hydrogen-bond acceptors (Lipinski definition) is 1. The lowest BCUT2D eigenvalue weighted by atomic mass is 9.84. The van der Waals surface area contributed by atoms with Crippen LogP contribution in [0.25, 0.3) is 0 Å². The van der Waals surface area contributed by atoms with E-state index in [1.165, 1.54) is 23.1 Å². The van der Waals surface area contributed by atoms with Gasteiger partial charge in [-0.3, -0.25) is 0 Å². The fourth-order valence-electron chi connectivity index (χ4n) is 2.09. The van der Waals surface area contributed by atoms with Crippen LogP contribution in [0.4, 0.5) is 0 Å². The molecule has 1 unspecified atom stereocenters. The van der Waals surface area contributed by atoms with Crippen molar-refractivity contribution in [1.29, 1.82) is 0 Å². The van der Waals surface area contributed by atoms with Crippen LogP contribution in [-0.4, -0.2) is 9.04 Å². The largest absolute Gasteiger partial charge is 0.404 e. The van der Waals surface area contributed by atoms with Crippen LogP contribution < -0.4 is 0 Å². The van der Waals surface area contributed by atoms with Crippen molar-refractivity contribution >= 4 is 25.0 Å². The van der Waals surface area contributed by atoms with Crippen LogP contribution >= 0.6 is 15.9 Å². The molecule has 0 bridgehead atoms. The number of alkyl halides is 1. The minimum Gasteiger partial charge on any atom is -0.404 e. The predicted octanol–water partition coefficient (Wildman–Crippen LogP) is 5.33. The second kappa shape index (κ2) is 7.05. The van der Waals surface area contributed by atoms with Gasteiger partial charge < -0.3 is 4.43 Å². The lowest BCUT2D eigenvalue weighted by molar-refractivity contribution is 0.308. The summed E-state index contributed by atoms with van der Waals surface area (Å²) in [5.41, 5.74) is 4.33. The number of hydrogen-bond donors (Lipinski definition) is 0. The first kappa shape index (κ1) is 16.9. The van der Waals surface area contributed by atoms with Crippen LogP contribution in [0, 0.1) is 0 Å². The van der Waals surface area contributed by atoms with Crippen molar-refractivity contribution in [2.24, 2.45) is 0 Å². The molecule has 0 aromatic heterocycles. The number of aryl methyl sites for hydroxylation is 1. The van der Waals surface area contributed by atoms with E-state index in [9.17, 15) is 0 Å². The van der Waals surface area contributed by atoms with Gasteiger partial charge in [-0.15, -0.1) is 0 Å². The fourth-order valence-corrected chi connectivity index (χ4v) is 4.46. The Balaban J connectivity index is 3.11. The predicted molar refractivity (Wildman–Crippen MR) is 90.8 cm³/mol. The summed E-state index contributed by atoms with van der Waals surface area (Å²) in [6.07, 6.45) is 2.28. The molecule has 0 N–H and O–H groups in total. The van der Waals surface area contributed by atoms with Crippen molar-refractivity contribution in [3.05, 3.63) is 34.9 Å². The molecule has 3 heteroatoms. The zero-order valence-electron chi connectivity index (χ0n) is 13.1. The summed E-state index contributed by atoms with van der Waals surface area (Å²) in [4.78, 5) is 0. The molecule has 0 aliphatic rings. The number of rotatable bonds is 5. The quantitative estimate of drug-likeness (QED) is 0.519. The maximum absolute atomic E-state index is 6.00. The van der Waals surface area contributed by atoms with Crippen LogP contribution in [0.3, 0.4) is 0 Å². The summed E-state index contributed by atoms with van der Waals surface area (Å²) in [7, 11) is -1.03. The molecule has 1 aromatic carbocycles. The smallest absolute Gasteiger partial charge is 0.172 e. The summed E-state index contributed by atoms with van der Waals surface area (Å²) < 4.78 is 6.00. The molecule has 0 saturated heterocycles. The molecule has 0 radical (unpaired) electrons. The normalized spacial score (nSPS) is 13.9. The fraction of sp³-hybridized carbons (Fsp3) is 0.625. The van der Waals surface area contributed by atoms with E-state index in [0.29, 0.717) is 0 Å². The Morgan fingerprint density at radius 3 is 2.37 bits per heavy atom. The molecule has 0 heterocycles. The van der Waals surface area contributed by atoms with E-state index in [1.54, 1.807) is 0 Å². The van der Waals surface area contributed by atoms with Gasteiger partial charge in [0.05, 0.1) is 0 Å². The molecule has 0 fully saturated rings. The summed E-state index contributed by atoms with van der Waals surface area (Å²) in [6, 6.07) is 6.84. The first-order valence-electron chi connectivity index (χ1n) is 7.18. The van der Waals surface area contributed by atoms with Crippen molar-refractivity contribution in [1.82, 2.24) is 0 Å². The highest BCUT2D eigenvalue weighted by Crippen LogP contribution is 2.32. The lowest BCUT2D eigenvalue weighted by Gasteiger charge is -2.23. The van der Waals surface area contributed by atoms with Crippen LogP contribution in [-0.2, 0) is 16.3 Å². The van der Waals surface area contributed by atoms with E-state index < -0.39 is 9.04 Å². The minimum absolute atomic E-state index is 0.0507. The molecular formula is C16H27BrOSi. The van der Waals surface area contributed by atoms with E-state index in [4.69, 9.17) is 4.43 Å². The van der Waals surface area contributed by atoms with Crippen LogP contribution in [0.15, 0.2) is 18.2 Å². The number of halogens is 1. The van der Waals surface area contributed by atoms with Crippen molar-refractivity contribution in [3.8, 4) is 0 Å². The van der Waals surface area contributed by atoms with E-state index in [-0.39, 0.29) is 10.4 Å². The highest BCUT2D eigenvalue weighted by Gasteiger charge is 2.18. The van der Waals surface area contributed by atoms with Crippen LogP contribution in [0.5, 0.6) is 0 Å². The Morgan fingerprint density at radius 2 is 1.89 bits per heavy atom. The van der Waals surface area contributed by atoms with Gasteiger partial charge in [-0.2, -0.15) is 0 Å². The molecule has 0 aliphatic carbocycles. The van der Waals surface area contributed by atoms with Gasteiger partial charge in [-0.25, -0.2) is 0 Å². The molecule has 1 nitrogen and oxygen atoms in total. The van der Waals surface area contributed by atoms with Crippen molar-refractivity contribution in [2.45, 2.75) is 64.1 Å². The lowest BCUT2D eigenvalue weighted by Crippen LogP contribution is -2.14. The summed E-state index contributed by atoms with van der Waals surface area (Å²) in [5, 5.41) is 0.0507. The van der Waals surface area contributed by atoms with Crippen molar-refractivity contribution in [2.75, 3.05) is 0 Å². The van der Waals surface area contributed by atoms with E-state index in [2.05, 4.69) is 74.9 Å². The first-order valence-corrected chi connectivity index (χ1v) is 10.9. The summed E-state index contributed by atoms with van der Waals surface area (Å²) >= 11 is 3.69. The Hall–Kier alpha value is -0.123. The number of benzene rings is 1. The standard InChI is InChI=1S/C16H27BrOSi/c1-7-8-12-11-13(16(2,3)4)9-10-14(12)15(17)18-19(5)6/h9-11,15,19H,7-8H2,1-6H3. The topological polar surface area (TPSA) is 9.23 Å². The van der Waals surface area contributed by atoms with Gasteiger partial charge in [0.25, 0.3) is 0 Å². The Kier molecular flexibility index (Phi) is 6.28. The third kappa shape index (κ3) is 5.05.